The smallest absolute Gasteiger partial charge is 0.124 e. The number of aliphatic imine (C=N–C) groups is 1. The van der Waals surface area contributed by atoms with E-state index in [4.69, 9.17) is 6.42 Å². The molecule has 0 aromatic heterocycles. The molecule has 0 amide bonds. The topological polar surface area (TPSA) is 62.0 Å². The predicted octanol–water partition coefficient (Wildman–Crippen LogP) is 3.52. The molecule has 0 saturated heterocycles. The van der Waals surface area contributed by atoms with Crippen molar-refractivity contribution in [3.05, 3.63) is 58.5 Å². The summed E-state index contributed by atoms with van der Waals surface area (Å²) >= 11 is 0. The Morgan fingerprint density at radius 1 is 1.16 bits per heavy atom. The molecule has 92 valence electrons. The molecule has 2 aromatic carbocycles. The lowest BCUT2D eigenvalue weighted by molar-refractivity contribution is 0.474. The number of phenolic OH excluding ortho intramolecular Hbond substituents is 1. The normalized spacial score (nSPS) is 10.3. The summed E-state index contributed by atoms with van der Waals surface area (Å²) in [5.41, 5.74) is 2.04. The summed E-state index contributed by atoms with van der Waals surface area (Å²) in [6.07, 6.45) is 6.76. The standard InChI is InChI=1S/C15H10N2O2/c1-2-11-4-3-5-13(8-11)16-10-12-9-14(17-19)6-7-15(12)18/h1,3-10,18H. The van der Waals surface area contributed by atoms with Crippen molar-refractivity contribution < 1.29 is 5.11 Å². The molecule has 0 fully saturated rings. The van der Waals surface area contributed by atoms with E-state index in [0.29, 0.717) is 11.3 Å². The van der Waals surface area contributed by atoms with Crippen LogP contribution in [0, 0.1) is 17.3 Å². The summed E-state index contributed by atoms with van der Waals surface area (Å²) in [7, 11) is 0. The molecule has 2 aromatic rings. The minimum atomic E-state index is 0.0317. The summed E-state index contributed by atoms with van der Waals surface area (Å²) in [5, 5.41) is 12.4. The third-order valence-electron chi connectivity index (χ3n) is 2.48. The maximum Gasteiger partial charge on any atom is 0.124 e. The number of phenols is 1. The molecule has 2 rings (SSSR count). The van der Waals surface area contributed by atoms with Crippen molar-refractivity contribution in [2.24, 2.45) is 10.2 Å². The minimum Gasteiger partial charge on any atom is -0.507 e. The molecule has 0 aliphatic rings. The van der Waals surface area contributed by atoms with Crippen LogP contribution >= 0.6 is 0 Å². The minimum absolute atomic E-state index is 0.0317. The second-order valence-electron chi connectivity index (χ2n) is 3.79. The van der Waals surface area contributed by atoms with E-state index in [0.717, 1.165) is 5.56 Å². The quantitative estimate of drug-likeness (QED) is 0.514. The molecule has 0 saturated carbocycles. The Morgan fingerprint density at radius 3 is 2.74 bits per heavy atom. The Bertz CT molecular complexity index is 685. The summed E-state index contributed by atoms with van der Waals surface area (Å²) in [4.78, 5) is 14.6. The van der Waals surface area contributed by atoms with Crippen LogP contribution in [-0.4, -0.2) is 11.3 Å². The zero-order valence-corrected chi connectivity index (χ0v) is 9.95. The molecular weight excluding hydrogens is 240 g/mol. The van der Waals surface area contributed by atoms with Gasteiger partial charge in [-0.05, 0) is 41.6 Å². The molecule has 0 unspecified atom stereocenters. The molecule has 0 aliphatic carbocycles. The van der Waals surface area contributed by atoms with Gasteiger partial charge in [0.15, 0.2) is 0 Å². The first-order chi connectivity index (χ1) is 9.22. The molecule has 0 aliphatic heterocycles. The van der Waals surface area contributed by atoms with Gasteiger partial charge in [0.1, 0.15) is 11.4 Å². The second-order valence-corrected chi connectivity index (χ2v) is 3.79. The molecule has 0 atom stereocenters. The van der Waals surface area contributed by atoms with Gasteiger partial charge in [0.25, 0.3) is 0 Å². The van der Waals surface area contributed by atoms with Crippen molar-refractivity contribution in [2.75, 3.05) is 0 Å². The van der Waals surface area contributed by atoms with E-state index in [-0.39, 0.29) is 11.4 Å². The molecule has 19 heavy (non-hydrogen) atoms. The van der Waals surface area contributed by atoms with E-state index in [2.05, 4.69) is 16.1 Å². The van der Waals surface area contributed by atoms with Crippen molar-refractivity contribution in [1.82, 2.24) is 0 Å². The van der Waals surface area contributed by atoms with Gasteiger partial charge in [0, 0.05) is 17.3 Å². The van der Waals surface area contributed by atoms with Crippen molar-refractivity contribution >= 4 is 17.6 Å². The highest BCUT2D eigenvalue weighted by Gasteiger charge is 2.00. The number of nitrogens with zero attached hydrogens (tertiary/aromatic N) is 2. The first-order valence-electron chi connectivity index (χ1n) is 5.50. The van der Waals surface area contributed by atoms with Gasteiger partial charge in [-0.15, -0.1) is 11.3 Å². The van der Waals surface area contributed by atoms with Crippen LogP contribution in [0.2, 0.25) is 0 Å². The van der Waals surface area contributed by atoms with Crippen molar-refractivity contribution in [1.29, 1.82) is 0 Å². The van der Waals surface area contributed by atoms with Crippen LogP contribution < -0.4 is 0 Å². The molecule has 0 bridgehead atoms. The molecule has 1 N–H and O–H groups in total. The zero-order valence-electron chi connectivity index (χ0n) is 9.95. The summed E-state index contributed by atoms with van der Waals surface area (Å²) < 4.78 is 0. The summed E-state index contributed by atoms with van der Waals surface area (Å²) in [6, 6.07) is 11.4. The number of nitroso groups, excluding NO2 is 1. The lowest BCUT2D eigenvalue weighted by atomic mass is 10.2. The molecule has 4 heteroatoms. The average molecular weight is 250 g/mol. The molecule has 0 radical (unpaired) electrons. The first-order valence-corrected chi connectivity index (χ1v) is 5.50. The Hall–Kier alpha value is -2.93. The molecule has 4 nitrogen and oxygen atoms in total. The van der Waals surface area contributed by atoms with Gasteiger partial charge in [0.05, 0.1) is 5.69 Å². The van der Waals surface area contributed by atoms with Gasteiger partial charge in [-0.25, -0.2) is 0 Å². The zero-order chi connectivity index (χ0) is 13.7. The highest BCUT2D eigenvalue weighted by molar-refractivity contribution is 5.86. The highest BCUT2D eigenvalue weighted by Crippen LogP contribution is 2.22. The van der Waals surface area contributed by atoms with Crippen molar-refractivity contribution in [3.63, 3.8) is 0 Å². The van der Waals surface area contributed by atoms with E-state index >= 15 is 0 Å². The fourth-order valence-electron chi connectivity index (χ4n) is 1.52. The SMILES string of the molecule is C#Cc1cccc(N=Cc2cc(N=O)ccc2O)c1. The van der Waals surface area contributed by atoms with E-state index in [9.17, 15) is 10.0 Å². The van der Waals surface area contributed by atoms with Gasteiger partial charge >= 0.3 is 0 Å². The van der Waals surface area contributed by atoms with Crippen LogP contribution in [0.1, 0.15) is 11.1 Å². The monoisotopic (exact) mass is 250 g/mol. The van der Waals surface area contributed by atoms with Gasteiger partial charge in [-0.2, -0.15) is 0 Å². The molecule has 0 heterocycles. The van der Waals surface area contributed by atoms with Crippen LogP contribution in [0.4, 0.5) is 11.4 Å². The van der Waals surface area contributed by atoms with E-state index in [1.54, 1.807) is 24.3 Å². The Morgan fingerprint density at radius 2 is 2.00 bits per heavy atom. The van der Waals surface area contributed by atoms with Gasteiger partial charge in [-0.3, -0.25) is 4.99 Å². The first kappa shape index (κ1) is 12.5. The van der Waals surface area contributed by atoms with Crippen LogP contribution in [0.25, 0.3) is 0 Å². The largest absolute Gasteiger partial charge is 0.507 e. The van der Waals surface area contributed by atoms with Crippen LogP contribution in [0.3, 0.4) is 0 Å². The fraction of sp³-hybridized carbons (Fsp3) is 0. The number of hydrogen-bond acceptors (Lipinski definition) is 4. The van der Waals surface area contributed by atoms with Crippen LogP contribution in [0.15, 0.2) is 52.6 Å². The lowest BCUT2D eigenvalue weighted by Gasteiger charge is -1.99. The summed E-state index contributed by atoms with van der Waals surface area (Å²) in [5.74, 6) is 2.55. The Balaban J connectivity index is 2.32. The highest BCUT2D eigenvalue weighted by atomic mass is 16.3. The Labute approximate surface area is 110 Å². The van der Waals surface area contributed by atoms with E-state index in [1.807, 2.05) is 0 Å². The number of hydrogen-bond donors (Lipinski definition) is 1. The fourth-order valence-corrected chi connectivity index (χ4v) is 1.52. The van der Waals surface area contributed by atoms with Gasteiger partial charge in [0.2, 0.25) is 0 Å². The Kier molecular flexibility index (Phi) is 3.70. The maximum absolute atomic E-state index is 10.4. The van der Waals surface area contributed by atoms with Crippen molar-refractivity contribution in [2.45, 2.75) is 0 Å². The second kappa shape index (κ2) is 5.61. The lowest BCUT2D eigenvalue weighted by Crippen LogP contribution is -1.82. The number of terminal acetylenes is 1. The summed E-state index contributed by atoms with van der Waals surface area (Å²) in [6.45, 7) is 0. The maximum atomic E-state index is 10.4. The van der Waals surface area contributed by atoms with Gasteiger partial charge in [-0.1, -0.05) is 12.0 Å². The number of rotatable bonds is 3. The number of benzene rings is 2. The average Bonchev–Trinajstić information content (AvgIpc) is 2.46. The molecule has 0 spiro atoms. The van der Waals surface area contributed by atoms with Gasteiger partial charge < -0.3 is 5.11 Å². The number of aromatic hydroxyl groups is 1. The van der Waals surface area contributed by atoms with Crippen molar-refractivity contribution in [3.8, 4) is 18.1 Å². The van der Waals surface area contributed by atoms with Crippen LogP contribution in [-0.2, 0) is 0 Å². The molecular formula is C15H10N2O2. The predicted molar refractivity (Wildman–Crippen MR) is 75.2 cm³/mol. The third-order valence-corrected chi connectivity index (χ3v) is 2.48. The van der Waals surface area contributed by atoms with E-state index in [1.165, 1.54) is 24.4 Å². The third kappa shape index (κ3) is 3.05. The van der Waals surface area contributed by atoms with E-state index < -0.39 is 0 Å². The van der Waals surface area contributed by atoms with Crippen LogP contribution in [0.5, 0.6) is 5.75 Å².